The molecule has 0 spiro atoms. The van der Waals surface area contributed by atoms with Gasteiger partial charge in [-0.05, 0) is 55.0 Å². The molecular weight excluding hydrogens is 387 g/mol. The van der Waals surface area contributed by atoms with E-state index in [1.54, 1.807) is 42.5 Å². The van der Waals surface area contributed by atoms with Gasteiger partial charge in [-0.3, -0.25) is 9.69 Å². The second-order valence-corrected chi connectivity index (χ2v) is 7.27. The summed E-state index contributed by atoms with van der Waals surface area (Å²) in [5.41, 5.74) is 0.674. The molecule has 5 rings (SSSR count). The highest BCUT2D eigenvalue weighted by Crippen LogP contribution is 2.43. The first-order valence-electron chi connectivity index (χ1n) is 9.22. The number of rotatable bonds is 2. The van der Waals surface area contributed by atoms with E-state index in [-0.39, 0.29) is 11.3 Å². The molecule has 2 aromatic carbocycles. The van der Waals surface area contributed by atoms with Crippen LogP contribution in [0.5, 0.6) is 0 Å². The van der Waals surface area contributed by atoms with E-state index in [0.717, 1.165) is 6.07 Å². The van der Waals surface area contributed by atoms with Crippen molar-refractivity contribution in [2.45, 2.75) is 12.5 Å². The van der Waals surface area contributed by atoms with Crippen LogP contribution in [0.4, 0.5) is 15.9 Å². The Hall–Kier alpha value is -3.84. The third-order valence-corrected chi connectivity index (χ3v) is 5.26. The molecule has 3 aromatic rings. The monoisotopic (exact) mass is 402 g/mol. The topological polar surface area (TPSA) is 79.7 Å². The number of carbonyl (C=O) groups is 2. The van der Waals surface area contributed by atoms with E-state index in [0.29, 0.717) is 28.2 Å². The minimum atomic E-state index is -1.66. The van der Waals surface area contributed by atoms with Gasteiger partial charge in [-0.1, -0.05) is 18.2 Å². The molecule has 0 saturated carbocycles. The number of halogens is 1. The minimum absolute atomic E-state index is 0.162. The Morgan fingerprint density at radius 3 is 2.73 bits per heavy atom. The van der Waals surface area contributed by atoms with Gasteiger partial charge in [0.25, 0.3) is 5.91 Å². The fourth-order valence-corrected chi connectivity index (χ4v) is 3.76. The number of aliphatic hydroxyl groups is 1. The molecule has 1 atom stereocenters. The predicted octanol–water partition coefficient (Wildman–Crippen LogP) is 3.78. The number of ether oxygens (including phenoxy) is 1. The number of hydrogen-bond donors (Lipinski definition) is 1. The van der Waals surface area contributed by atoms with Gasteiger partial charge in [0.15, 0.2) is 5.60 Å². The molecule has 1 aromatic heterocycles. The van der Waals surface area contributed by atoms with E-state index in [1.807, 2.05) is 0 Å². The average molecular weight is 402 g/mol. The molecule has 1 unspecified atom stereocenters. The van der Waals surface area contributed by atoms with Gasteiger partial charge >= 0.3 is 5.97 Å². The van der Waals surface area contributed by atoms with E-state index in [2.05, 4.69) is 4.98 Å². The van der Waals surface area contributed by atoms with E-state index in [1.165, 1.54) is 30.2 Å². The Morgan fingerprint density at radius 2 is 1.90 bits per heavy atom. The summed E-state index contributed by atoms with van der Waals surface area (Å²) in [6.45, 7) is 1.45. The van der Waals surface area contributed by atoms with Gasteiger partial charge in [0.2, 0.25) is 0 Å². The Kier molecular flexibility index (Phi) is 3.84. The van der Waals surface area contributed by atoms with Gasteiger partial charge in [0.1, 0.15) is 17.4 Å². The van der Waals surface area contributed by atoms with Crippen LogP contribution in [0, 0.1) is 5.82 Å². The summed E-state index contributed by atoms with van der Waals surface area (Å²) in [4.78, 5) is 30.6. The van der Waals surface area contributed by atoms with Gasteiger partial charge < -0.3 is 9.84 Å². The number of fused-ring (bicyclic) bond motifs is 2. The molecule has 1 N–H and O–H groups in total. The second-order valence-electron chi connectivity index (χ2n) is 7.27. The van der Waals surface area contributed by atoms with Gasteiger partial charge in [-0.2, -0.15) is 0 Å². The molecule has 2 aliphatic heterocycles. The summed E-state index contributed by atoms with van der Waals surface area (Å²) in [5, 5.41) is 10.7. The fourth-order valence-electron chi connectivity index (χ4n) is 3.76. The zero-order valence-corrected chi connectivity index (χ0v) is 15.8. The number of para-hydroxylation sites is 1. The number of carbonyl (C=O) groups excluding carboxylic acids is 2. The molecule has 148 valence electrons. The molecule has 30 heavy (non-hydrogen) atoms. The van der Waals surface area contributed by atoms with Crippen LogP contribution in [0.3, 0.4) is 0 Å². The molecule has 7 heteroatoms. The maximum atomic E-state index is 13.4. The molecule has 0 bridgehead atoms. The molecule has 0 saturated heterocycles. The van der Waals surface area contributed by atoms with Crippen molar-refractivity contribution in [2.75, 3.05) is 4.90 Å². The summed E-state index contributed by atoms with van der Waals surface area (Å²) in [5.74, 6) is -1.04. The summed E-state index contributed by atoms with van der Waals surface area (Å²) >= 11 is 0. The van der Waals surface area contributed by atoms with Crippen molar-refractivity contribution in [2.24, 2.45) is 0 Å². The number of nitrogens with zero attached hydrogens (tertiary/aromatic N) is 2. The van der Waals surface area contributed by atoms with Crippen LogP contribution in [-0.4, -0.2) is 22.0 Å². The zero-order valence-electron chi connectivity index (χ0n) is 15.8. The van der Waals surface area contributed by atoms with Gasteiger partial charge in [-0.15, -0.1) is 0 Å². The lowest BCUT2D eigenvalue weighted by molar-refractivity contribution is -0.133. The maximum absolute atomic E-state index is 13.4. The number of cyclic esters (lactones) is 1. The molecule has 1 amide bonds. The SMILES string of the molecule is CC1(O)C(=O)N(c2cc(C=C3OC(=O)c4cc(F)ccc43)ccn2)c2ccccc21. The quantitative estimate of drug-likeness (QED) is 0.660. The number of pyridine rings is 1. The molecule has 0 radical (unpaired) electrons. The Morgan fingerprint density at radius 1 is 1.10 bits per heavy atom. The lowest BCUT2D eigenvalue weighted by Crippen LogP contribution is -2.35. The second kappa shape index (κ2) is 6.33. The third-order valence-electron chi connectivity index (χ3n) is 5.26. The first-order chi connectivity index (χ1) is 14.4. The average Bonchev–Trinajstić information content (AvgIpc) is 3.13. The highest BCUT2D eigenvalue weighted by molar-refractivity contribution is 6.11. The molecule has 0 aliphatic carbocycles. The number of aromatic nitrogens is 1. The first kappa shape index (κ1) is 18.2. The molecular formula is C23H15FN2O4. The van der Waals surface area contributed by atoms with Crippen molar-refractivity contribution in [3.63, 3.8) is 0 Å². The Labute approximate surface area is 170 Å². The summed E-state index contributed by atoms with van der Waals surface area (Å²) in [6.07, 6.45) is 3.14. The highest BCUT2D eigenvalue weighted by atomic mass is 19.1. The van der Waals surface area contributed by atoms with Crippen molar-refractivity contribution in [3.05, 3.63) is 88.9 Å². The van der Waals surface area contributed by atoms with E-state index >= 15 is 0 Å². The zero-order chi connectivity index (χ0) is 21.0. The standard InChI is InChI=1S/C23H15FN2O4/c1-23(29)17-4-2-3-5-18(17)26(22(23)28)20-11-13(8-9-25-20)10-19-15-7-6-14(24)12-16(15)21(27)30-19/h2-12,29H,1H3. The van der Waals surface area contributed by atoms with E-state index in [9.17, 15) is 19.1 Å². The summed E-state index contributed by atoms with van der Waals surface area (Å²) < 4.78 is 18.7. The highest BCUT2D eigenvalue weighted by Gasteiger charge is 2.47. The van der Waals surface area contributed by atoms with E-state index < -0.39 is 23.3 Å². The van der Waals surface area contributed by atoms with Crippen LogP contribution < -0.4 is 4.90 Å². The number of benzene rings is 2. The van der Waals surface area contributed by atoms with Crippen molar-refractivity contribution >= 4 is 35.2 Å². The van der Waals surface area contributed by atoms with Crippen molar-refractivity contribution < 1.29 is 23.8 Å². The third kappa shape index (κ3) is 2.63. The van der Waals surface area contributed by atoms with Crippen LogP contribution in [0.25, 0.3) is 11.8 Å². The minimum Gasteiger partial charge on any atom is -0.422 e. The largest absolute Gasteiger partial charge is 0.422 e. The normalized spacial score (nSPS) is 21.0. The van der Waals surface area contributed by atoms with Gasteiger partial charge in [0.05, 0.1) is 11.3 Å². The Bertz CT molecular complexity index is 1270. The van der Waals surface area contributed by atoms with Crippen LogP contribution in [0.1, 0.15) is 34.0 Å². The smallest absolute Gasteiger partial charge is 0.344 e. The van der Waals surface area contributed by atoms with Gasteiger partial charge in [-0.25, -0.2) is 14.2 Å². The lowest BCUT2D eigenvalue weighted by atomic mass is 9.98. The van der Waals surface area contributed by atoms with Crippen LogP contribution in [0.2, 0.25) is 0 Å². The summed E-state index contributed by atoms with van der Waals surface area (Å²) in [7, 11) is 0. The van der Waals surface area contributed by atoms with Crippen LogP contribution >= 0.6 is 0 Å². The number of esters is 1. The van der Waals surface area contributed by atoms with Crippen LogP contribution in [0.15, 0.2) is 60.8 Å². The lowest BCUT2D eigenvalue weighted by Gasteiger charge is -2.19. The molecule has 2 aliphatic rings. The maximum Gasteiger partial charge on any atom is 0.344 e. The van der Waals surface area contributed by atoms with Gasteiger partial charge in [0, 0.05) is 17.3 Å². The van der Waals surface area contributed by atoms with E-state index in [4.69, 9.17) is 4.74 Å². The first-order valence-corrected chi connectivity index (χ1v) is 9.22. The number of anilines is 2. The van der Waals surface area contributed by atoms with Crippen molar-refractivity contribution in [1.82, 2.24) is 4.98 Å². The number of amides is 1. The molecule has 0 fully saturated rings. The molecule has 6 nitrogen and oxygen atoms in total. The summed E-state index contributed by atoms with van der Waals surface area (Å²) in [6, 6.07) is 14.2. The predicted molar refractivity (Wildman–Crippen MR) is 107 cm³/mol. The fraction of sp³-hybridized carbons (Fsp3) is 0.0870. The number of hydrogen-bond acceptors (Lipinski definition) is 5. The van der Waals surface area contributed by atoms with Crippen molar-refractivity contribution in [3.8, 4) is 0 Å². The van der Waals surface area contributed by atoms with Crippen LogP contribution in [-0.2, 0) is 15.1 Å². The molecule has 3 heterocycles. The van der Waals surface area contributed by atoms with Crippen molar-refractivity contribution in [1.29, 1.82) is 0 Å². The Balaban J connectivity index is 1.57.